The van der Waals surface area contributed by atoms with Crippen LogP contribution in [-0.4, -0.2) is 46.8 Å². The first-order valence-electron chi connectivity index (χ1n) is 11.4. The van der Waals surface area contributed by atoms with Crippen LogP contribution in [0, 0.1) is 13.8 Å². The Labute approximate surface area is 185 Å². The summed E-state index contributed by atoms with van der Waals surface area (Å²) in [5, 5.41) is 4.66. The lowest BCUT2D eigenvalue weighted by molar-refractivity contribution is -0.140. The molecule has 1 saturated carbocycles. The van der Waals surface area contributed by atoms with Crippen molar-refractivity contribution in [3.8, 4) is 5.69 Å². The number of carbonyl (C=O) groups excluding carboxylic acids is 2. The normalized spacial score (nSPS) is 15.2. The van der Waals surface area contributed by atoms with Gasteiger partial charge in [-0.2, -0.15) is 5.10 Å². The molecule has 0 atom stereocenters. The van der Waals surface area contributed by atoms with Crippen molar-refractivity contribution in [2.75, 3.05) is 14.2 Å². The summed E-state index contributed by atoms with van der Waals surface area (Å²) in [5.74, 6) is -0.132. The van der Waals surface area contributed by atoms with Gasteiger partial charge in [0.1, 0.15) is 0 Å². The molecule has 1 aromatic carbocycles. The molecule has 0 aliphatic heterocycles. The molecule has 0 unspecified atom stereocenters. The van der Waals surface area contributed by atoms with Crippen LogP contribution in [0.15, 0.2) is 24.3 Å². The Morgan fingerprint density at radius 1 is 1.06 bits per heavy atom. The lowest BCUT2D eigenvalue weighted by Gasteiger charge is -2.30. The molecule has 0 saturated heterocycles. The SMILES string of the molecule is COC(=O)CCc1c(C)nn(-c2ccc(C(=O)N(C)C3CCCCCCC3)cc2)c1C. The van der Waals surface area contributed by atoms with Crippen LogP contribution >= 0.6 is 0 Å². The molecular weight excluding hydrogens is 390 g/mol. The molecule has 6 nitrogen and oxygen atoms in total. The van der Waals surface area contributed by atoms with Crippen molar-refractivity contribution in [1.82, 2.24) is 14.7 Å². The van der Waals surface area contributed by atoms with Crippen molar-refractivity contribution in [2.45, 2.75) is 77.7 Å². The Kier molecular flexibility index (Phi) is 7.88. The smallest absolute Gasteiger partial charge is 0.305 e. The van der Waals surface area contributed by atoms with Gasteiger partial charge in [0.15, 0.2) is 0 Å². The molecule has 1 amide bonds. The van der Waals surface area contributed by atoms with Gasteiger partial charge in [-0.1, -0.05) is 32.1 Å². The molecule has 1 aliphatic rings. The van der Waals surface area contributed by atoms with Crippen molar-refractivity contribution in [1.29, 1.82) is 0 Å². The molecule has 1 heterocycles. The molecule has 0 N–H and O–H groups in total. The van der Waals surface area contributed by atoms with Crippen LogP contribution in [0.5, 0.6) is 0 Å². The summed E-state index contributed by atoms with van der Waals surface area (Å²) in [6.45, 7) is 3.96. The molecule has 0 bridgehead atoms. The quantitative estimate of drug-likeness (QED) is 0.625. The molecule has 0 radical (unpaired) electrons. The Morgan fingerprint density at radius 3 is 2.29 bits per heavy atom. The third-order valence-electron chi connectivity index (χ3n) is 6.55. The minimum absolute atomic E-state index is 0.0873. The second-order valence-corrected chi connectivity index (χ2v) is 8.60. The molecule has 31 heavy (non-hydrogen) atoms. The van der Waals surface area contributed by atoms with Gasteiger partial charge in [0, 0.05) is 30.8 Å². The first-order valence-corrected chi connectivity index (χ1v) is 11.4. The van der Waals surface area contributed by atoms with Gasteiger partial charge in [0.25, 0.3) is 5.91 Å². The maximum Gasteiger partial charge on any atom is 0.305 e. The number of nitrogens with zero attached hydrogens (tertiary/aromatic N) is 3. The van der Waals surface area contributed by atoms with Crippen molar-refractivity contribution in [3.05, 3.63) is 46.8 Å². The largest absolute Gasteiger partial charge is 0.469 e. The van der Waals surface area contributed by atoms with E-state index in [0.29, 0.717) is 24.4 Å². The van der Waals surface area contributed by atoms with Gasteiger partial charge in [-0.3, -0.25) is 9.59 Å². The Bertz CT molecular complexity index is 893. The Morgan fingerprint density at radius 2 is 1.68 bits per heavy atom. The van der Waals surface area contributed by atoms with Gasteiger partial charge in [-0.15, -0.1) is 0 Å². The van der Waals surface area contributed by atoms with Gasteiger partial charge in [0.2, 0.25) is 0 Å². The zero-order valence-electron chi connectivity index (χ0n) is 19.3. The maximum absolute atomic E-state index is 13.1. The topological polar surface area (TPSA) is 64.4 Å². The highest BCUT2D eigenvalue weighted by Crippen LogP contribution is 2.23. The summed E-state index contributed by atoms with van der Waals surface area (Å²) < 4.78 is 6.64. The number of carbonyl (C=O) groups is 2. The minimum Gasteiger partial charge on any atom is -0.469 e. The third-order valence-corrected chi connectivity index (χ3v) is 6.55. The molecule has 3 rings (SSSR count). The lowest BCUT2D eigenvalue weighted by Crippen LogP contribution is -2.37. The van der Waals surface area contributed by atoms with Crippen molar-refractivity contribution in [2.24, 2.45) is 0 Å². The van der Waals surface area contributed by atoms with Gasteiger partial charge in [0.05, 0.1) is 18.5 Å². The van der Waals surface area contributed by atoms with E-state index in [-0.39, 0.29) is 11.9 Å². The molecule has 1 aliphatic carbocycles. The number of methoxy groups -OCH3 is 1. The fraction of sp³-hybridized carbons (Fsp3) is 0.560. The van der Waals surface area contributed by atoms with E-state index in [9.17, 15) is 9.59 Å². The van der Waals surface area contributed by atoms with E-state index in [1.54, 1.807) is 0 Å². The molecule has 168 valence electrons. The summed E-state index contributed by atoms with van der Waals surface area (Å²) in [6.07, 6.45) is 9.42. The molecule has 1 aromatic heterocycles. The maximum atomic E-state index is 13.1. The third kappa shape index (κ3) is 5.54. The first-order chi connectivity index (χ1) is 14.9. The Hall–Kier alpha value is -2.63. The van der Waals surface area contributed by atoms with E-state index in [1.807, 2.05) is 54.7 Å². The van der Waals surface area contributed by atoms with Gasteiger partial charge >= 0.3 is 5.97 Å². The monoisotopic (exact) mass is 425 g/mol. The van der Waals surface area contributed by atoms with Gasteiger partial charge in [-0.25, -0.2) is 4.68 Å². The fourth-order valence-electron chi connectivity index (χ4n) is 4.55. The predicted molar refractivity (Wildman–Crippen MR) is 122 cm³/mol. The lowest BCUT2D eigenvalue weighted by atomic mass is 9.95. The van der Waals surface area contributed by atoms with Crippen LogP contribution in [0.4, 0.5) is 0 Å². The summed E-state index contributed by atoms with van der Waals surface area (Å²) in [6, 6.07) is 8.01. The van der Waals surface area contributed by atoms with Crippen LogP contribution in [0.3, 0.4) is 0 Å². The molecule has 1 fully saturated rings. The molecular formula is C25H35N3O3. The predicted octanol–water partition coefficient (Wildman–Crippen LogP) is 4.78. The average Bonchev–Trinajstić information content (AvgIpc) is 3.04. The van der Waals surface area contributed by atoms with Gasteiger partial charge in [-0.05, 0) is 62.9 Å². The number of aromatic nitrogens is 2. The van der Waals surface area contributed by atoms with E-state index < -0.39 is 0 Å². The second kappa shape index (κ2) is 10.6. The zero-order valence-corrected chi connectivity index (χ0v) is 19.3. The number of hydrogen-bond acceptors (Lipinski definition) is 4. The highest BCUT2D eigenvalue weighted by atomic mass is 16.5. The number of hydrogen-bond donors (Lipinski definition) is 0. The molecule has 2 aromatic rings. The van der Waals surface area contributed by atoms with E-state index in [2.05, 4.69) is 5.10 Å². The highest BCUT2D eigenvalue weighted by molar-refractivity contribution is 5.94. The summed E-state index contributed by atoms with van der Waals surface area (Å²) >= 11 is 0. The summed E-state index contributed by atoms with van der Waals surface area (Å²) in [4.78, 5) is 26.5. The van der Waals surface area contributed by atoms with Crippen LogP contribution in [-0.2, 0) is 16.0 Å². The van der Waals surface area contributed by atoms with Crippen LogP contribution < -0.4 is 0 Å². The number of esters is 1. The summed E-state index contributed by atoms with van der Waals surface area (Å²) in [7, 11) is 3.35. The number of rotatable bonds is 6. The van der Waals surface area contributed by atoms with E-state index in [0.717, 1.165) is 35.5 Å². The van der Waals surface area contributed by atoms with Crippen LogP contribution in [0.1, 0.15) is 78.7 Å². The second-order valence-electron chi connectivity index (χ2n) is 8.60. The van der Waals surface area contributed by atoms with Crippen LogP contribution in [0.25, 0.3) is 5.69 Å². The van der Waals surface area contributed by atoms with E-state index >= 15 is 0 Å². The number of benzene rings is 1. The van der Waals surface area contributed by atoms with Crippen molar-refractivity contribution in [3.63, 3.8) is 0 Å². The summed E-state index contributed by atoms with van der Waals surface area (Å²) in [5.41, 5.74) is 4.60. The van der Waals surface area contributed by atoms with E-state index in [1.165, 1.54) is 39.2 Å². The standard InChI is InChI=1S/C25H35N3O3/c1-18-23(16-17-24(29)31-4)19(2)28(26-18)22-14-12-20(13-15-22)25(30)27(3)21-10-8-6-5-7-9-11-21/h12-15,21H,5-11,16-17H2,1-4H3. The number of aryl methyl sites for hydroxylation is 1. The zero-order chi connectivity index (χ0) is 22.4. The molecule has 6 heteroatoms. The average molecular weight is 426 g/mol. The van der Waals surface area contributed by atoms with Crippen molar-refractivity contribution >= 4 is 11.9 Å². The first kappa shape index (κ1) is 23.0. The Balaban J connectivity index is 1.72. The fourth-order valence-corrected chi connectivity index (χ4v) is 4.55. The van der Waals surface area contributed by atoms with E-state index in [4.69, 9.17) is 4.74 Å². The van der Waals surface area contributed by atoms with Crippen LogP contribution in [0.2, 0.25) is 0 Å². The van der Waals surface area contributed by atoms with Crippen molar-refractivity contribution < 1.29 is 14.3 Å². The highest BCUT2D eigenvalue weighted by Gasteiger charge is 2.22. The number of amides is 1. The number of ether oxygens (including phenoxy) is 1. The molecule has 0 spiro atoms. The minimum atomic E-state index is -0.220. The van der Waals surface area contributed by atoms with Gasteiger partial charge < -0.3 is 9.64 Å².